The Balaban J connectivity index is 4.17. The van der Waals surface area contributed by atoms with Crippen molar-refractivity contribution < 1.29 is 28.6 Å². The minimum Gasteiger partial charge on any atom is -0.462 e. The number of unbranched alkanes of at least 4 members (excludes halogenated alkanes) is 41. The van der Waals surface area contributed by atoms with Gasteiger partial charge in [0, 0.05) is 19.3 Å². The first-order chi connectivity index (χ1) is 35.0. The molecule has 1 unspecified atom stereocenters. The molecule has 71 heavy (non-hydrogen) atoms. The first-order valence-corrected chi connectivity index (χ1v) is 31.5. The lowest BCUT2D eigenvalue weighted by Gasteiger charge is -2.18. The van der Waals surface area contributed by atoms with Gasteiger partial charge in [0.05, 0.1) is 0 Å². The van der Waals surface area contributed by atoms with Crippen molar-refractivity contribution in [2.75, 3.05) is 13.2 Å². The van der Waals surface area contributed by atoms with Gasteiger partial charge in [-0.05, 0) is 70.6 Å². The van der Waals surface area contributed by atoms with Crippen LogP contribution in [0.5, 0.6) is 0 Å². The second-order valence-corrected chi connectivity index (χ2v) is 21.3. The first-order valence-electron chi connectivity index (χ1n) is 31.5. The highest BCUT2D eigenvalue weighted by Crippen LogP contribution is 2.17. The normalized spacial score (nSPS) is 12.2. The average molecular weight is 998 g/mol. The van der Waals surface area contributed by atoms with Gasteiger partial charge >= 0.3 is 17.9 Å². The zero-order chi connectivity index (χ0) is 51.4. The van der Waals surface area contributed by atoms with E-state index in [0.717, 1.165) is 83.5 Å². The van der Waals surface area contributed by atoms with Gasteiger partial charge in [-0.1, -0.05) is 288 Å². The van der Waals surface area contributed by atoms with Crippen molar-refractivity contribution in [1.29, 1.82) is 0 Å². The van der Waals surface area contributed by atoms with E-state index in [1.165, 1.54) is 218 Å². The maximum atomic E-state index is 12.8. The largest absolute Gasteiger partial charge is 0.462 e. The molecule has 0 rings (SSSR count). The number of allylic oxidation sites excluding steroid dienone is 6. The minimum absolute atomic E-state index is 0.0735. The van der Waals surface area contributed by atoms with Gasteiger partial charge in [-0.15, -0.1) is 0 Å². The van der Waals surface area contributed by atoms with Crippen molar-refractivity contribution in [3.63, 3.8) is 0 Å². The lowest BCUT2D eigenvalue weighted by atomic mass is 10.0. The zero-order valence-electron chi connectivity index (χ0n) is 47.8. The van der Waals surface area contributed by atoms with Crippen LogP contribution in [-0.2, 0) is 28.6 Å². The molecular weight excluding hydrogens is 877 g/mol. The van der Waals surface area contributed by atoms with Crippen LogP contribution in [0.1, 0.15) is 342 Å². The van der Waals surface area contributed by atoms with Crippen molar-refractivity contribution in [2.24, 2.45) is 0 Å². The van der Waals surface area contributed by atoms with Crippen LogP contribution in [0, 0.1) is 0 Å². The molecule has 0 bridgehead atoms. The molecule has 6 heteroatoms. The molecule has 0 aromatic carbocycles. The van der Waals surface area contributed by atoms with Crippen molar-refractivity contribution in [3.05, 3.63) is 36.5 Å². The second-order valence-electron chi connectivity index (χ2n) is 21.3. The van der Waals surface area contributed by atoms with E-state index in [1.54, 1.807) is 0 Å². The van der Waals surface area contributed by atoms with Crippen molar-refractivity contribution >= 4 is 17.9 Å². The molecule has 0 aliphatic carbocycles. The molecule has 0 spiro atoms. The lowest BCUT2D eigenvalue weighted by Crippen LogP contribution is -2.30. The molecule has 6 nitrogen and oxygen atoms in total. The van der Waals surface area contributed by atoms with Crippen LogP contribution in [0.25, 0.3) is 0 Å². The minimum atomic E-state index is -0.776. The fourth-order valence-corrected chi connectivity index (χ4v) is 9.34. The third-order valence-electron chi connectivity index (χ3n) is 14.1. The summed E-state index contributed by atoms with van der Waals surface area (Å²) in [5.41, 5.74) is 0. The lowest BCUT2D eigenvalue weighted by molar-refractivity contribution is -0.167. The van der Waals surface area contributed by atoms with Crippen LogP contribution < -0.4 is 0 Å². The van der Waals surface area contributed by atoms with Crippen LogP contribution >= 0.6 is 0 Å². The Morgan fingerprint density at radius 1 is 0.282 bits per heavy atom. The van der Waals surface area contributed by atoms with Gasteiger partial charge < -0.3 is 14.2 Å². The molecule has 0 heterocycles. The number of hydrogen-bond acceptors (Lipinski definition) is 6. The van der Waals surface area contributed by atoms with E-state index >= 15 is 0 Å². The van der Waals surface area contributed by atoms with E-state index in [1.807, 2.05) is 0 Å². The summed E-state index contributed by atoms with van der Waals surface area (Å²) < 4.78 is 16.9. The van der Waals surface area contributed by atoms with Gasteiger partial charge in [-0.2, -0.15) is 0 Å². The molecule has 0 saturated heterocycles. The van der Waals surface area contributed by atoms with E-state index < -0.39 is 6.10 Å². The quantitative estimate of drug-likeness (QED) is 0.0261. The molecule has 1 atom stereocenters. The maximum Gasteiger partial charge on any atom is 0.306 e. The second kappa shape index (κ2) is 60.2. The number of ether oxygens (including phenoxy) is 3. The van der Waals surface area contributed by atoms with Crippen LogP contribution in [0.2, 0.25) is 0 Å². The van der Waals surface area contributed by atoms with Crippen LogP contribution in [0.4, 0.5) is 0 Å². The Morgan fingerprint density at radius 2 is 0.521 bits per heavy atom. The van der Waals surface area contributed by atoms with Gasteiger partial charge in [0.2, 0.25) is 0 Å². The Kier molecular flexibility index (Phi) is 58.2. The fraction of sp³-hybridized carbons (Fsp3) is 0.862. The Bertz CT molecular complexity index is 1190. The van der Waals surface area contributed by atoms with Gasteiger partial charge in [0.25, 0.3) is 0 Å². The maximum absolute atomic E-state index is 12.8. The van der Waals surface area contributed by atoms with Gasteiger partial charge in [-0.3, -0.25) is 14.4 Å². The summed E-state index contributed by atoms with van der Waals surface area (Å²) in [5, 5.41) is 0. The highest BCUT2D eigenvalue weighted by Gasteiger charge is 2.19. The van der Waals surface area contributed by atoms with Crippen molar-refractivity contribution in [3.8, 4) is 0 Å². The van der Waals surface area contributed by atoms with Crippen molar-refractivity contribution in [1.82, 2.24) is 0 Å². The summed E-state index contributed by atoms with van der Waals surface area (Å²) in [7, 11) is 0. The van der Waals surface area contributed by atoms with E-state index in [4.69, 9.17) is 14.2 Å². The molecule has 0 radical (unpaired) electrons. The van der Waals surface area contributed by atoms with Crippen molar-refractivity contribution in [2.45, 2.75) is 348 Å². The third-order valence-corrected chi connectivity index (χ3v) is 14.1. The van der Waals surface area contributed by atoms with Crippen LogP contribution in [0.3, 0.4) is 0 Å². The Labute approximate surface area is 442 Å². The summed E-state index contributed by atoms with van der Waals surface area (Å²) in [6.45, 7) is 6.63. The summed E-state index contributed by atoms with van der Waals surface area (Å²) >= 11 is 0. The van der Waals surface area contributed by atoms with E-state index in [2.05, 4.69) is 57.2 Å². The summed E-state index contributed by atoms with van der Waals surface area (Å²) in [5.74, 6) is -0.868. The monoisotopic (exact) mass is 997 g/mol. The predicted molar refractivity (Wildman–Crippen MR) is 307 cm³/mol. The van der Waals surface area contributed by atoms with E-state index in [0.29, 0.717) is 19.3 Å². The molecule has 0 saturated carbocycles. The molecular formula is C65H120O6. The Morgan fingerprint density at radius 3 is 0.831 bits per heavy atom. The summed E-state index contributed by atoms with van der Waals surface area (Å²) in [6.07, 6.45) is 73.0. The zero-order valence-corrected chi connectivity index (χ0v) is 47.8. The van der Waals surface area contributed by atoms with Crippen LogP contribution in [0.15, 0.2) is 36.5 Å². The van der Waals surface area contributed by atoms with Gasteiger partial charge in [0.1, 0.15) is 13.2 Å². The van der Waals surface area contributed by atoms with E-state index in [9.17, 15) is 14.4 Å². The number of esters is 3. The molecule has 0 N–H and O–H groups in total. The first kappa shape index (κ1) is 68.6. The molecule has 0 fully saturated rings. The predicted octanol–water partition coefficient (Wildman–Crippen LogP) is 21.2. The van der Waals surface area contributed by atoms with Gasteiger partial charge in [0.15, 0.2) is 6.10 Å². The number of carbonyl (C=O) groups excluding carboxylic acids is 3. The standard InChI is InChI=1S/C65H120O6/c1-4-7-10-13-16-19-22-25-27-28-29-30-31-32-33-34-35-36-37-38-39-41-43-46-49-52-55-58-64(67)70-61-62(60-69-63(66)57-54-51-48-45-42-24-21-18-15-12-9-6-3)71-65(68)59-56-53-50-47-44-40-26-23-20-17-14-11-8-5-2/h14,17,23,26,28-29,62H,4-13,15-16,18-22,24-25,27,30-61H2,1-3H3/b17-14-,26-23-,29-28-. The molecule has 0 aromatic heterocycles. The highest BCUT2D eigenvalue weighted by atomic mass is 16.6. The number of hydrogen-bond donors (Lipinski definition) is 0. The Hall–Kier alpha value is -2.37. The molecule has 416 valence electrons. The molecule has 0 aromatic rings. The summed E-state index contributed by atoms with van der Waals surface area (Å²) in [4.78, 5) is 38.2. The van der Waals surface area contributed by atoms with E-state index in [-0.39, 0.29) is 31.1 Å². The molecule has 0 amide bonds. The van der Waals surface area contributed by atoms with Crippen LogP contribution in [-0.4, -0.2) is 37.2 Å². The average Bonchev–Trinajstić information content (AvgIpc) is 3.37. The smallest absolute Gasteiger partial charge is 0.306 e. The topological polar surface area (TPSA) is 78.9 Å². The number of rotatable bonds is 58. The molecule has 0 aliphatic heterocycles. The summed E-state index contributed by atoms with van der Waals surface area (Å²) in [6, 6.07) is 0. The molecule has 0 aliphatic rings. The highest BCUT2D eigenvalue weighted by molar-refractivity contribution is 5.71. The van der Waals surface area contributed by atoms with Gasteiger partial charge in [-0.25, -0.2) is 0 Å². The fourth-order valence-electron chi connectivity index (χ4n) is 9.34. The number of carbonyl (C=O) groups is 3. The third kappa shape index (κ3) is 58.4. The SMILES string of the molecule is CCCC/C=C\C/C=C\CCCCCCCC(=O)OC(COC(=O)CCCCCCCCCCCCCC)COC(=O)CCCCCCCCCCCCCCCCC/C=C\CCCCCCCCCC.